The number of fused-ring (bicyclic) bond motifs is 2. The topological polar surface area (TPSA) is 63.5 Å². The van der Waals surface area contributed by atoms with Gasteiger partial charge < -0.3 is 14.4 Å². The van der Waals surface area contributed by atoms with Crippen LogP contribution < -0.4 is 25.1 Å². The molecule has 0 aromatic heterocycles. The summed E-state index contributed by atoms with van der Waals surface area (Å²) in [5.74, 6) is 1.66. The highest BCUT2D eigenvalue weighted by molar-refractivity contribution is 5.77. The number of amides is 1. The second-order valence-corrected chi connectivity index (χ2v) is 7.62. The number of carbonyl (C=O) groups is 1. The third-order valence-corrected chi connectivity index (χ3v) is 5.33. The van der Waals surface area contributed by atoms with E-state index in [1.807, 2.05) is 43.3 Å². The zero-order chi connectivity index (χ0) is 20.9. The summed E-state index contributed by atoms with van der Waals surface area (Å²) >= 11 is 0. The lowest BCUT2D eigenvalue weighted by molar-refractivity contribution is -0.118. The molecular weight excluding hydrogens is 378 g/mol. The zero-order valence-electron chi connectivity index (χ0n) is 17.5. The number of hydrogen-bond donors (Lipinski definition) is 0. The van der Waals surface area contributed by atoms with Gasteiger partial charge in [0, 0.05) is 18.2 Å². The van der Waals surface area contributed by atoms with Gasteiger partial charge in [-0.15, -0.1) is 0 Å². The van der Waals surface area contributed by atoms with Crippen LogP contribution in [0.4, 0.5) is 5.69 Å². The molecule has 2 heterocycles. The summed E-state index contributed by atoms with van der Waals surface area (Å²) in [5.41, 5.74) is 2.11. The van der Waals surface area contributed by atoms with Crippen LogP contribution >= 0.6 is 0 Å². The van der Waals surface area contributed by atoms with Gasteiger partial charge in [0.15, 0.2) is 0 Å². The average molecular weight is 405 g/mol. The normalized spacial score (nSPS) is 18.0. The Morgan fingerprint density at radius 1 is 1.30 bits per heavy atom. The van der Waals surface area contributed by atoms with E-state index in [0.29, 0.717) is 18.4 Å². The van der Waals surface area contributed by atoms with Crippen LogP contribution in [0.25, 0.3) is 6.08 Å². The molecule has 6 heteroatoms. The van der Waals surface area contributed by atoms with Crippen molar-refractivity contribution in [2.24, 2.45) is 9.98 Å². The molecule has 4 rings (SSSR count). The molecule has 2 aromatic rings. The van der Waals surface area contributed by atoms with Gasteiger partial charge in [-0.05, 0) is 38.0 Å². The van der Waals surface area contributed by atoms with Crippen LogP contribution in [0.2, 0.25) is 0 Å². The quantitative estimate of drug-likeness (QED) is 0.693. The molecule has 0 fully saturated rings. The lowest BCUT2D eigenvalue weighted by Gasteiger charge is -2.31. The SMILES string of the molecule is COc1ccc2c(c1)N(CCC/C=C/c1cccc3c1=N[C@H](C)CC(=O)N=3)CCO2. The lowest BCUT2D eigenvalue weighted by atomic mass is 10.1. The number of nitrogens with zero attached hydrogens (tertiary/aromatic N) is 3. The fraction of sp³-hybridized carbons (Fsp3) is 0.375. The minimum Gasteiger partial charge on any atom is -0.497 e. The molecule has 2 aliphatic heterocycles. The standard InChI is InChI=1S/C24H27N3O3/c1-17-15-23(28)26-20-9-6-8-18(24(20)25-17)7-4-3-5-12-27-13-14-30-22-11-10-19(29-2)16-21(22)27/h4,6-11,16-17H,3,5,12-15H2,1-2H3/b7-4+/t17-/m1/s1. The highest BCUT2D eigenvalue weighted by Crippen LogP contribution is 2.34. The van der Waals surface area contributed by atoms with Crippen molar-refractivity contribution < 1.29 is 14.3 Å². The zero-order valence-corrected chi connectivity index (χ0v) is 17.5. The van der Waals surface area contributed by atoms with Gasteiger partial charge in [-0.3, -0.25) is 9.79 Å². The number of carbonyl (C=O) groups excluding carboxylic acids is 1. The Morgan fingerprint density at radius 3 is 3.07 bits per heavy atom. The first-order valence-corrected chi connectivity index (χ1v) is 10.4. The summed E-state index contributed by atoms with van der Waals surface area (Å²) in [5, 5.41) is 1.49. The predicted octanol–water partition coefficient (Wildman–Crippen LogP) is 2.95. The van der Waals surface area contributed by atoms with Crippen molar-refractivity contribution in [2.45, 2.75) is 32.2 Å². The molecule has 0 saturated carbocycles. The molecule has 0 spiro atoms. The van der Waals surface area contributed by atoms with E-state index in [-0.39, 0.29) is 11.9 Å². The largest absolute Gasteiger partial charge is 0.497 e. The minimum absolute atomic E-state index is 0.0459. The van der Waals surface area contributed by atoms with Gasteiger partial charge in [0.2, 0.25) is 5.91 Å². The molecule has 30 heavy (non-hydrogen) atoms. The van der Waals surface area contributed by atoms with Crippen molar-refractivity contribution in [3.8, 4) is 11.5 Å². The van der Waals surface area contributed by atoms with Crippen molar-refractivity contribution in [3.63, 3.8) is 0 Å². The fourth-order valence-corrected chi connectivity index (χ4v) is 3.83. The summed E-state index contributed by atoms with van der Waals surface area (Å²) < 4.78 is 11.1. The van der Waals surface area contributed by atoms with Gasteiger partial charge in [0.1, 0.15) is 18.1 Å². The van der Waals surface area contributed by atoms with E-state index >= 15 is 0 Å². The summed E-state index contributed by atoms with van der Waals surface area (Å²) in [4.78, 5) is 23.1. The van der Waals surface area contributed by atoms with E-state index in [0.717, 1.165) is 54.0 Å². The molecule has 1 amide bonds. The number of benzene rings is 2. The van der Waals surface area contributed by atoms with Crippen molar-refractivity contribution in [1.82, 2.24) is 0 Å². The molecule has 2 aromatic carbocycles. The van der Waals surface area contributed by atoms with Crippen LogP contribution in [0.15, 0.2) is 52.5 Å². The number of methoxy groups -OCH3 is 1. The maximum absolute atomic E-state index is 11.9. The maximum Gasteiger partial charge on any atom is 0.248 e. The molecule has 1 atom stereocenters. The van der Waals surface area contributed by atoms with Crippen molar-refractivity contribution in [2.75, 3.05) is 31.7 Å². The van der Waals surface area contributed by atoms with E-state index in [9.17, 15) is 4.79 Å². The molecule has 6 nitrogen and oxygen atoms in total. The maximum atomic E-state index is 11.9. The molecule has 0 N–H and O–H groups in total. The fourth-order valence-electron chi connectivity index (χ4n) is 3.83. The Bertz CT molecular complexity index is 1080. The van der Waals surface area contributed by atoms with E-state index in [2.05, 4.69) is 22.0 Å². The Hall–Kier alpha value is -3.15. The van der Waals surface area contributed by atoms with Gasteiger partial charge in [-0.2, -0.15) is 0 Å². The molecule has 0 radical (unpaired) electrons. The van der Waals surface area contributed by atoms with Crippen LogP contribution in [0.3, 0.4) is 0 Å². The van der Waals surface area contributed by atoms with Crippen LogP contribution in [0, 0.1) is 0 Å². The predicted molar refractivity (Wildman–Crippen MR) is 117 cm³/mol. The Kier molecular flexibility index (Phi) is 6.12. The number of hydrogen-bond acceptors (Lipinski definition) is 5. The third kappa shape index (κ3) is 4.53. The highest BCUT2D eigenvalue weighted by Gasteiger charge is 2.18. The van der Waals surface area contributed by atoms with E-state index in [4.69, 9.17) is 14.5 Å². The molecule has 156 valence electrons. The van der Waals surface area contributed by atoms with Crippen molar-refractivity contribution in [1.29, 1.82) is 0 Å². The van der Waals surface area contributed by atoms with Crippen LogP contribution in [-0.4, -0.2) is 38.8 Å². The highest BCUT2D eigenvalue weighted by atomic mass is 16.5. The minimum atomic E-state index is -0.103. The van der Waals surface area contributed by atoms with E-state index in [1.165, 1.54) is 0 Å². The smallest absolute Gasteiger partial charge is 0.248 e. The number of allylic oxidation sites excluding steroid dienone is 1. The van der Waals surface area contributed by atoms with Crippen molar-refractivity contribution in [3.05, 3.63) is 58.8 Å². The van der Waals surface area contributed by atoms with Crippen molar-refractivity contribution >= 4 is 17.7 Å². The Labute approximate surface area is 176 Å². The molecule has 0 aliphatic carbocycles. The first-order valence-electron chi connectivity index (χ1n) is 10.4. The van der Waals surface area contributed by atoms with Gasteiger partial charge in [-0.25, -0.2) is 4.99 Å². The lowest BCUT2D eigenvalue weighted by Crippen LogP contribution is -2.33. The first-order chi connectivity index (χ1) is 14.6. The number of ether oxygens (including phenoxy) is 2. The van der Waals surface area contributed by atoms with Gasteiger partial charge in [-0.1, -0.05) is 24.3 Å². The average Bonchev–Trinajstić information content (AvgIpc) is 2.90. The van der Waals surface area contributed by atoms with Gasteiger partial charge in [0.05, 0.1) is 42.5 Å². The molecule has 0 bridgehead atoms. The van der Waals surface area contributed by atoms with Crippen LogP contribution in [0.1, 0.15) is 31.7 Å². The Morgan fingerprint density at radius 2 is 2.20 bits per heavy atom. The summed E-state index contributed by atoms with van der Waals surface area (Å²) in [6.45, 7) is 4.49. The second kappa shape index (κ2) is 9.11. The molecular formula is C24H27N3O3. The molecule has 0 unspecified atom stereocenters. The van der Waals surface area contributed by atoms with E-state index in [1.54, 1.807) is 7.11 Å². The first kappa shape index (κ1) is 20.1. The van der Waals surface area contributed by atoms with E-state index < -0.39 is 0 Å². The summed E-state index contributed by atoms with van der Waals surface area (Å²) in [6, 6.07) is 11.7. The Balaban J connectivity index is 1.42. The number of para-hydroxylation sites is 1. The molecule has 0 saturated heterocycles. The number of unbranched alkanes of at least 4 members (excludes halogenated alkanes) is 1. The summed E-state index contributed by atoms with van der Waals surface area (Å²) in [7, 11) is 1.68. The van der Waals surface area contributed by atoms with Gasteiger partial charge >= 0.3 is 0 Å². The van der Waals surface area contributed by atoms with Crippen LogP contribution in [0.5, 0.6) is 11.5 Å². The molecule has 2 aliphatic rings. The summed E-state index contributed by atoms with van der Waals surface area (Å²) in [6.07, 6.45) is 6.61. The monoisotopic (exact) mass is 405 g/mol. The third-order valence-electron chi connectivity index (χ3n) is 5.33. The van der Waals surface area contributed by atoms with Gasteiger partial charge in [0.25, 0.3) is 0 Å². The van der Waals surface area contributed by atoms with Crippen LogP contribution in [-0.2, 0) is 4.79 Å². The second-order valence-electron chi connectivity index (χ2n) is 7.62. The number of rotatable bonds is 6. The number of anilines is 1.